The Bertz CT molecular complexity index is 1190. The molecule has 188 valence electrons. The molecule has 0 amide bonds. The first-order chi connectivity index (χ1) is 16.6. The first kappa shape index (κ1) is 23.5. The molecule has 1 aliphatic heterocycles. The van der Waals surface area contributed by atoms with E-state index in [2.05, 4.69) is 24.8 Å². The van der Waals surface area contributed by atoms with Crippen LogP contribution in [0.3, 0.4) is 0 Å². The molecule has 1 saturated heterocycles. The summed E-state index contributed by atoms with van der Waals surface area (Å²) in [4.78, 5) is 6.79. The number of ether oxygens (including phenoxy) is 2. The normalized spacial score (nSPS) is 22.2. The average molecular weight is 492 g/mol. The van der Waals surface area contributed by atoms with Crippen LogP contribution in [0.15, 0.2) is 30.3 Å². The van der Waals surface area contributed by atoms with Crippen LogP contribution in [0, 0.1) is 18.8 Å². The molecule has 0 spiro atoms. The summed E-state index contributed by atoms with van der Waals surface area (Å²) in [7, 11) is 0. The van der Waals surface area contributed by atoms with E-state index in [9.17, 15) is 13.2 Å². The Morgan fingerprint density at radius 1 is 1.06 bits per heavy atom. The summed E-state index contributed by atoms with van der Waals surface area (Å²) in [5, 5.41) is 9.19. The van der Waals surface area contributed by atoms with Gasteiger partial charge in [-0.2, -0.15) is 14.8 Å². The van der Waals surface area contributed by atoms with Gasteiger partial charge in [0.15, 0.2) is 11.5 Å². The van der Waals surface area contributed by atoms with Gasteiger partial charge in [-0.15, -0.1) is 18.3 Å². The van der Waals surface area contributed by atoms with Gasteiger partial charge in [-0.1, -0.05) is 12.1 Å². The van der Waals surface area contributed by atoms with Gasteiger partial charge in [-0.05, 0) is 57.6 Å². The number of para-hydroxylation sites is 2. The zero-order chi connectivity index (χ0) is 24.9. The topological polar surface area (TPSA) is 96.2 Å². The van der Waals surface area contributed by atoms with Gasteiger partial charge < -0.3 is 20.1 Å². The monoisotopic (exact) mass is 491 g/mol. The largest absolute Gasteiger partial charge is 0.573 e. The highest BCUT2D eigenvalue weighted by Gasteiger charge is 2.41. The lowest BCUT2D eigenvalue weighted by Crippen LogP contribution is -2.49. The molecule has 2 N–H and O–H groups in total. The van der Waals surface area contributed by atoms with Crippen LogP contribution in [0.25, 0.3) is 5.95 Å². The van der Waals surface area contributed by atoms with Crippen molar-refractivity contribution >= 4 is 5.82 Å². The smallest absolute Gasteiger partial charge is 0.420 e. The SMILES string of the molecule is Cc1cc(N2CC3CCC(C2)C3N)n(-c2nc(Oc3ccccc3OC(F)(F)F)n(C(C)C)n2)n1. The summed E-state index contributed by atoms with van der Waals surface area (Å²) in [6.07, 6.45) is -2.62. The van der Waals surface area contributed by atoms with Crippen molar-refractivity contribution in [3.8, 4) is 23.5 Å². The van der Waals surface area contributed by atoms with E-state index in [1.807, 2.05) is 26.8 Å². The van der Waals surface area contributed by atoms with E-state index in [1.54, 1.807) is 10.7 Å². The number of hydrogen-bond acceptors (Lipinski definition) is 7. The van der Waals surface area contributed by atoms with Crippen molar-refractivity contribution in [2.24, 2.45) is 17.6 Å². The molecular weight excluding hydrogens is 463 g/mol. The molecule has 12 heteroatoms. The Morgan fingerprint density at radius 2 is 1.71 bits per heavy atom. The van der Waals surface area contributed by atoms with Crippen molar-refractivity contribution in [2.75, 3.05) is 18.0 Å². The molecule has 3 aromatic rings. The molecule has 3 heterocycles. The van der Waals surface area contributed by atoms with E-state index in [0.29, 0.717) is 11.8 Å². The van der Waals surface area contributed by atoms with Crippen LogP contribution >= 0.6 is 0 Å². The molecule has 1 aromatic carbocycles. The first-order valence-electron chi connectivity index (χ1n) is 11.7. The van der Waals surface area contributed by atoms with E-state index in [4.69, 9.17) is 10.5 Å². The zero-order valence-electron chi connectivity index (χ0n) is 19.7. The number of piperidine rings is 1. The highest BCUT2D eigenvalue weighted by molar-refractivity contribution is 5.47. The number of nitrogens with two attached hydrogens (primary N) is 1. The minimum atomic E-state index is -4.85. The van der Waals surface area contributed by atoms with Gasteiger partial charge in [-0.3, -0.25) is 0 Å². The van der Waals surface area contributed by atoms with Gasteiger partial charge in [0.1, 0.15) is 5.82 Å². The van der Waals surface area contributed by atoms with Gasteiger partial charge in [0.05, 0.1) is 11.7 Å². The molecule has 0 radical (unpaired) electrons. The highest BCUT2D eigenvalue weighted by Crippen LogP contribution is 2.39. The molecule has 2 bridgehead atoms. The number of fused-ring (bicyclic) bond motifs is 2. The van der Waals surface area contributed by atoms with Gasteiger partial charge >= 0.3 is 12.4 Å². The molecule has 2 fully saturated rings. The molecule has 1 aliphatic carbocycles. The van der Waals surface area contributed by atoms with E-state index in [1.165, 1.54) is 22.9 Å². The van der Waals surface area contributed by atoms with E-state index in [0.717, 1.165) is 37.4 Å². The number of rotatable bonds is 6. The summed E-state index contributed by atoms with van der Waals surface area (Å²) in [5.41, 5.74) is 7.19. The van der Waals surface area contributed by atoms with E-state index < -0.39 is 12.1 Å². The number of nitrogens with zero attached hydrogens (tertiary/aromatic N) is 6. The Hall–Kier alpha value is -3.28. The van der Waals surface area contributed by atoms with Gasteiger partial charge in [-0.25, -0.2) is 4.68 Å². The number of anilines is 1. The molecule has 1 saturated carbocycles. The third-order valence-electron chi connectivity index (χ3n) is 6.59. The van der Waals surface area contributed by atoms with Gasteiger partial charge in [0.2, 0.25) is 0 Å². The molecule has 9 nitrogen and oxygen atoms in total. The maximum absolute atomic E-state index is 12.9. The first-order valence-corrected chi connectivity index (χ1v) is 11.7. The quantitative estimate of drug-likeness (QED) is 0.552. The number of aryl methyl sites for hydroxylation is 1. The van der Waals surface area contributed by atoms with Crippen molar-refractivity contribution in [1.82, 2.24) is 24.5 Å². The van der Waals surface area contributed by atoms with Gasteiger partial charge in [0.25, 0.3) is 5.95 Å². The lowest BCUT2D eigenvalue weighted by Gasteiger charge is -2.37. The zero-order valence-corrected chi connectivity index (χ0v) is 19.7. The van der Waals surface area contributed by atoms with Crippen molar-refractivity contribution in [3.63, 3.8) is 0 Å². The summed E-state index contributed by atoms with van der Waals surface area (Å²) in [5.74, 6) is 1.41. The van der Waals surface area contributed by atoms with Crippen LogP contribution in [-0.4, -0.2) is 50.0 Å². The molecular formula is C23H28F3N7O2. The predicted octanol–water partition coefficient (Wildman–Crippen LogP) is 4.22. The Labute approximate surface area is 200 Å². The van der Waals surface area contributed by atoms with Gasteiger partial charge in [0, 0.05) is 25.2 Å². The maximum atomic E-state index is 12.9. The van der Waals surface area contributed by atoms with E-state index in [-0.39, 0.29) is 29.8 Å². The minimum absolute atomic E-state index is 0.0352. The fourth-order valence-electron chi connectivity index (χ4n) is 4.95. The third-order valence-corrected chi connectivity index (χ3v) is 6.59. The highest BCUT2D eigenvalue weighted by atomic mass is 19.4. The fraction of sp³-hybridized carbons (Fsp3) is 0.522. The second kappa shape index (κ2) is 8.74. The molecule has 2 unspecified atom stereocenters. The van der Waals surface area contributed by atoms with Crippen LogP contribution in [0.4, 0.5) is 19.0 Å². The summed E-state index contributed by atoms with van der Waals surface area (Å²) >= 11 is 0. The average Bonchev–Trinajstić information content (AvgIpc) is 3.41. The van der Waals surface area contributed by atoms with Crippen LogP contribution in [0.2, 0.25) is 0 Å². The molecule has 2 aliphatic rings. The minimum Gasteiger partial charge on any atom is -0.420 e. The van der Waals surface area contributed by atoms with Crippen molar-refractivity contribution < 1.29 is 22.6 Å². The molecule has 5 rings (SSSR count). The Balaban J connectivity index is 1.48. The third kappa shape index (κ3) is 4.66. The number of benzene rings is 1. The summed E-state index contributed by atoms with van der Waals surface area (Å²) in [6, 6.07) is 7.63. The van der Waals surface area contributed by atoms with Crippen molar-refractivity contribution in [3.05, 3.63) is 36.0 Å². The number of alkyl halides is 3. The number of hydrogen-bond donors (Lipinski definition) is 1. The molecule has 2 aromatic heterocycles. The lowest BCUT2D eigenvalue weighted by atomic mass is 9.93. The standard InChI is InChI=1S/C23H28F3N7O2/c1-13(2)32-22(34-17-6-4-5-7-18(17)35-23(24,25)26)28-21(30-32)33-19(10-14(3)29-33)31-11-15-8-9-16(12-31)20(15)27/h4-7,10,13,15-16,20H,8-9,11-12,27H2,1-3H3. The number of halogens is 3. The Morgan fingerprint density at radius 3 is 2.34 bits per heavy atom. The molecule has 35 heavy (non-hydrogen) atoms. The predicted molar refractivity (Wildman–Crippen MR) is 122 cm³/mol. The summed E-state index contributed by atoms with van der Waals surface area (Å²) < 4.78 is 51.7. The van der Waals surface area contributed by atoms with Crippen LogP contribution in [-0.2, 0) is 0 Å². The number of aromatic nitrogens is 5. The lowest BCUT2D eigenvalue weighted by molar-refractivity contribution is -0.275. The van der Waals surface area contributed by atoms with Crippen molar-refractivity contribution in [1.29, 1.82) is 0 Å². The van der Waals surface area contributed by atoms with Crippen LogP contribution < -0.4 is 20.1 Å². The second-order valence-corrected chi connectivity index (χ2v) is 9.46. The maximum Gasteiger partial charge on any atom is 0.573 e. The molecule has 2 atom stereocenters. The second-order valence-electron chi connectivity index (χ2n) is 9.46. The van der Waals surface area contributed by atoms with E-state index >= 15 is 0 Å². The fourth-order valence-corrected chi connectivity index (χ4v) is 4.95. The van der Waals surface area contributed by atoms with Crippen LogP contribution in [0.5, 0.6) is 17.5 Å². The Kier molecular flexibility index (Phi) is 5.86. The van der Waals surface area contributed by atoms with Crippen LogP contribution in [0.1, 0.15) is 38.4 Å². The summed E-state index contributed by atoms with van der Waals surface area (Å²) in [6.45, 7) is 7.31. The van der Waals surface area contributed by atoms with Crippen molar-refractivity contribution in [2.45, 2.75) is 52.1 Å².